The second-order valence-electron chi connectivity index (χ2n) is 6.38. The van der Waals surface area contributed by atoms with Gasteiger partial charge in [0.2, 0.25) is 0 Å². The van der Waals surface area contributed by atoms with E-state index < -0.39 is 0 Å². The van der Waals surface area contributed by atoms with Gasteiger partial charge in [-0.05, 0) is 24.8 Å². The van der Waals surface area contributed by atoms with Crippen LogP contribution >= 0.6 is 0 Å². The van der Waals surface area contributed by atoms with Crippen LogP contribution in [0.3, 0.4) is 0 Å². The van der Waals surface area contributed by atoms with Gasteiger partial charge in [0, 0.05) is 25.5 Å². The van der Waals surface area contributed by atoms with E-state index in [0.717, 1.165) is 6.54 Å². The lowest BCUT2D eigenvalue weighted by Gasteiger charge is -2.33. The van der Waals surface area contributed by atoms with Gasteiger partial charge in [0.05, 0.1) is 0 Å². The molecule has 0 spiro atoms. The third kappa shape index (κ3) is 5.08. The summed E-state index contributed by atoms with van der Waals surface area (Å²) >= 11 is 0. The summed E-state index contributed by atoms with van der Waals surface area (Å²) in [5.41, 5.74) is 1.41. The zero-order valence-electron chi connectivity index (χ0n) is 14.4. The molecule has 1 aliphatic heterocycles. The maximum atomic E-state index is 2.56. The van der Waals surface area contributed by atoms with Gasteiger partial charge in [-0.25, -0.2) is 0 Å². The minimum atomic E-state index is 0.559. The first-order valence-electron chi connectivity index (χ1n) is 9.09. The van der Waals surface area contributed by atoms with Gasteiger partial charge in [-0.15, -0.1) is 0 Å². The molecule has 0 radical (unpaired) electrons. The minimum absolute atomic E-state index is 0.559. The van der Waals surface area contributed by atoms with Crippen molar-refractivity contribution in [2.75, 3.05) is 6.54 Å². The summed E-state index contributed by atoms with van der Waals surface area (Å²) in [5.74, 6) is 0. The van der Waals surface area contributed by atoms with E-state index in [1.807, 2.05) is 0 Å². The van der Waals surface area contributed by atoms with Crippen LogP contribution in [0, 0.1) is 0 Å². The second kappa shape index (κ2) is 9.55. The average Bonchev–Trinajstić information content (AvgIpc) is 2.91. The summed E-state index contributed by atoms with van der Waals surface area (Å²) in [6.45, 7) is 6.79. The maximum absolute atomic E-state index is 2.56. The van der Waals surface area contributed by atoms with Crippen molar-refractivity contribution in [1.82, 2.24) is 9.80 Å². The summed E-state index contributed by atoms with van der Waals surface area (Å²) in [6, 6.07) is 10.8. The summed E-state index contributed by atoms with van der Waals surface area (Å²) in [7, 11) is 0. The first-order chi connectivity index (χ1) is 10.8. The molecule has 0 bridgehead atoms. The highest BCUT2D eigenvalue weighted by Crippen LogP contribution is 2.24. The van der Waals surface area contributed by atoms with Crippen LogP contribution < -0.4 is 0 Å². The van der Waals surface area contributed by atoms with Crippen molar-refractivity contribution in [2.45, 2.75) is 71.5 Å². The van der Waals surface area contributed by atoms with Crippen molar-refractivity contribution in [3.05, 3.63) is 48.3 Å². The zero-order valence-corrected chi connectivity index (χ0v) is 14.4. The van der Waals surface area contributed by atoms with Crippen LogP contribution in [0.1, 0.15) is 64.4 Å². The van der Waals surface area contributed by atoms with Crippen LogP contribution in [-0.2, 0) is 6.54 Å². The summed E-state index contributed by atoms with van der Waals surface area (Å²) in [6.07, 6.45) is 14.4. The van der Waals surface area contributed by atoms with Gasteiger partial charge in [-0.3, -0.25) is 0 Å². The molecule has 1 heterocycles. The molecule has 1 aliphatic rings. The summed E-state index contributed by atoms with van der Waals surface area (Å²) < 4.78 is 0. The fourth-order valence-corrected chi connectivity index (χ4v) is 3.19. The van der Waals surface area contributed by atoms with E-state index in [4.69, 9.17) is 0 Å². The van der Waals surface area contributed by atoms with E-state index in [9.17, 15) is 0 Å². The Hall–Kier alpha value is -1.44. The van der Waals surface area contributed by atoms with Crippen molar-refractivity contribution in [3.8, 4) is 0 Å². The van der Waals surface area contributed by atoms with Crippen molar-refractivity contribution >= 4 is 0 Å². The zero-order chi connectivity index (χ0) is 15.6. The number of hydrogen-bond donors (Lipinski definition) is 0. The van der Waals surface area contributed by atoms with Crippen LogP contribution in [0.5, 0.6) is 0 Å². The molecule has 0 aliphatic carbocycles. The number of nitrogens with zero attached hydrogens (tertiary/aromatic N) is 2. The van der Waals surface area contributed by atoms with Gasteiger partial charge in [0.15, 0.2) is 0 Å². The third-order valence-corrected chi connectivity index (χ3v) is 4.51. The van der Waals surface area contributed by atoms with Crippen LogP contribution in [0.25, 0.3) is 0 Å². The van der Waals surface area contributed by atoms with E-state index in [2.05, 4.69) is 66.4 Å². The van der Waals surface area contributed by atoms with Crippen molar-refractivity contribution in [1.29, 1.82) is 0 Å². The van der Waals surface area contributed by atoms with Gasteiger partial charge >= 0.3 is 0 Å². The van der Waals surface area contributed by atoms with Crippen LogP contribution in [0.4, 0.5) is 0 Å². The molecule has 0 amide bonds. The molecule has 1 atom stereocenters. The molecule has 1 aromatic carbocycles. The molecule has 0 aromatic heterocycles. The minimum Gasteiger partial charge on any atom is -0.356 e. The molecule has 2 nitrogen and oxygen atoms in total. The lowest BCUT2D eigenvalue weighted by atomic mass is 10.1. The van der Waals surface area contributed by atoms with Crippen LogP contribution in [0.2, 0.25) is 0 Å². The molecular formula is C20H32N2. The first kappa shape index (κ1) is 16.9. The van der Waals surface area contributed by atoms with E-state index in [1.54, 1.807) is 0 Å². The highest BCUT2D eigenvalue weighted by atomic mass is 15.4. The molecule has 0 N–H and O–H groups in total. The molecule has 0 saturated heterocycles. The molecule has 1 aromatic rings. The molecule has 22 heavy (non-hydrogen) atoms. The fraction of sp³-hybridized carbons (Fsp3) is 0.600. The predicted octanol–water partition coefficient (Wildman–Crippen LogP) is 5.37. The fourth-order valence-electron chi connectivity index (χ4n) is 3.19. The van der Waals surface area contributed by atoms with Gasteiger partial charge in [-0.1, -0.05) is 69.9 Å². The van der Waals surface area contributed by atoms with Gasteiger partial charge in [0.1, 0.15) is 6.17 Å². The monoisotopic (exact) mass is 300 g/mol. The van der Waals surface area contributed by atoms with Crippen LogP contribution in [-0.4, -0.2) is 22.5 Å². The molecule has 0 saturated carbocycles. The quantitative estimate of drug-likeness (QED) is 0.536. The molecule has 122 valence electrons. The highest BCUT2D eigenvalue weighted by Gasteiger charge is 2.25. The Morgan fingerprint density at radius 3 is 2.23 bits per heavy atom. The lowest BCUT2D eigenvalue weighted by Crippen LogP contribution is -2.38. The van der Waals surface area contributed by atoms with Crippen LogP contribution in [0.15, 0.2) is 42.7 Å². The van der Waals surface area contributed by atoms with Gasteiger partial charge in [0.25, 0.3) is 0 Å². The summed E-state index contributed by atoms with van der Waals surface area (Å²) in [5, 5.41) is 0. The van der Waals surface area contributed by atoms with E-state index in [1.165, 1.54) is 57.1 Å². The molecule has 2 heteroatoms. The van der Waals surface area contributed by atoms with E-state index >= 15 is 0 Å². The molecular weight excluding hydrogens is 268 g/mol. The van der Waals surface area contributed by atoms with Crippen molar-refractivity contribution < 1.29 is 0 Å². The Bertz CT molecular complexity index is 427. The third-order valence-electron chi connectivity index (χ3n) is 4.51. The standard InChI is InChI=1S/C20H32N2/c1-3-5-8-14-20-21(15-11-6-4-2)16-17-22(20)18-19-12-9-7-10-13-19/h7,9-10,12-13,16-17,20H,3-6,8,11,14-15,18H2,1-2H3. The predicted molar refractivity (Wildman–Crippen MR) is 95.3 cm³/mol. The Morgan fingerprint density at radius 1 is 0.818 bits per heavy atom. The SMILES string of the molecule is CCCCCC1N(CCCCC)C=CN1Cc1ccccc1. The molecule has 2 rings (SSSR count). The van der Waals surface area contributed by atoms with Crippen molar-refractivity contribution in [3.63, 3.8) is 0 Å². The lowest BCUT2D eigenvalue weighted by molar-refractivity contribution is 0.132. The highest BCUT2D eigenvalue weighted by molar-refractivity contribution is 5.15. The molecule has 1 unspecified atom stereocenters. The largest absolute Gasteiger partial charge is 0.356 e. The Labute approximate surface area is 136 Å². The van der Waals surface area contributed by atoms with E-state index in [0.29, 0.717) is 6.17 Å². The first-order valence-corrected chi connectivity index (χ1v) is 9.09. The normalized spacial score (nSPS) is 17.5. The Morgan fingerprint density at radius 2 is 1.50 bits per heavy atom. The summed E-state index contributed by atoms with van der Waals surface area (Å²) in [4.78, 5) is 5.09. The Balaban J connectivity index is 1.93. The smallest absolute Gasteiger partial charge is 0.101 e. The Kier molecular flexibility index (Phi) is 7.35. The number of benzene rings is 1. The molecule has 0 fully saturated rings. The average molecular weight is 300 g/mol. The van der Waals surface area contributed by atoms with Crippen molar-refractivity contribution in [2.24, 2.45) is 0 Å². The van der Waals surface area contributed by atoms with Gasteiger partial charge in [-0.2, -0.15) is 0 Å². The maximum Gasteiger partial charge on any atom is 0.101 e. The number of hydrogen-bond acceptors (Lipinski definition) is 2. The second-order valence-corrected chi connectivity index (χ2v) is 6.38. The topological polar surface area (TPSA) is 6.48 Å². The number of unbranched alkanes of at least 4 members (excludes halogenated alkanes) is 4. The number of rotatable bonds is 10. The van der Waals surface area contributed by atoms with Gasteiger partial charge < -0.3 is 9.80 Å². The van der Waals surface area contributed by atoms with E-state index in [-0.39, 0.29) is 0 Å².